The van der Waals surface area contributed by atoms with E-state index in [1.165, 1.54) is 0 Å². The predicted octanol–water partition coefficient (Wildman–Crippen LogP) is 5.44. The highest BCUT2D eigenvalue weighted by molar-refractivity contribution is 6.42. The molecule has 0 spiro atoms. The first kappa shape index (κ1) is 11.1. The van der Waals surface area contributed by atoms with E-state index in [0.29, 0.717) is 15.8 Å². The molecule has 0 saturated heterocycles. The van der Waals surface area contributed by atoms with Crippen molar-refractivity contribution in [1.82, 2.24) is 4.98 Å². The number of para-hydroxylation sites is 1. The molecule has 92 valence electrons. The van der Waals surface area contributed by atoms with Gasteiger partial charge in [-0.15, -0.1) is 0 Å². The van der Waals surface area contributed by atoms with Crippen molar-refractivity contribution in [3.63, 3.8) is 0 Å². The molecule has 0 amide bonds. The molecule has 2 aromatic heterocycles. The van der Waals surface area contributed by atoms with Gasteiger partial charge in [0.1, 0.15) is 5.58 Å². The molecule has 0 aliphatic carbocycles. The minimum Gasteiger partial charge on any atom is -0.438 e. The number of hydrogen-bond donors (Lipinski definition) is 0. The first-order valence-electron chi connectivity index (χ1n) is 5.80. The summed E-state index contributed by atoms with van der Waals surface area (Å²) in [6.07, 6.45) is 0. The number of furan rings is 1. The summed E-state index contributed by atoms with van der Waals surface area (Å²) in [6, 6.07) is 13.2. The number of fused-ring (bicyclic) bond motifs is 4. The van der Waals surface area contributed by atoms with Gasteiger partial charge in [0.05, 0.1) is 15.9 Å². The Morgan fingerprint density at radius 3 is 2.68 bits per heavy atom. The molecule has 0 unspecified atom stereocenters. The number of benzene rings is 2. The second kappa shape index (κ2) is 3.86. The van der Waals surface area contributed by atoms with Crippen LogP contribution in [0.15, 0.2) is 46.9 Å². The summed E-state index contributed by atoms with van der Waals surface area (Å²) in [7, 11) is 0. The van der Waals surface area contributed by atoms with Crippen LogP contribution in [0.1, 0.15) is 0 Å². The van der Waals surface area contributed by atoms with Gasteiger partial charge in [-0.1, -0.05) is 41.4 Å². The Balaban J connectivity index is 2.31. The number of aromatic nitrogens is 1. The van der Waals surface area contributed by atoms with Crippen LogP contribution in [0.2, 0.25) is 10.0 Å². The fourth-order valence-electron chi connectivity index (χ4n) is 2.35. The van der Waals surface area contributed by atoms with Crippen molar-refractivity contribution < 1.29 is 4.42 Å². The molecule has 2 aromatic carbocycles. The molecule has 0 aliphatic heterocycles. The van der Waals surface area contributed by atoms with Crippen molar-refractivity contribution in [1.29, 1.82) is 0 Å². The van der Waals surface area contributed by atoms with Crippen molar-refractivity contribution in [2.45, 2.75) is 0 Å². The summed E-state index contributed by atoms with van der Waals surface area (Å²) in [4.78, 5) is 4.51. The van der Waals surface area contributed by atoms with Crippen LogP contribution in [-0.4, -0.2) is 4.98 Å². The molecule has 2 nitrogen and oxygen atoms in total. The topological polar surface area (TPSA) is 26.0 Å². The smallest absolute Gasteiger partial charge is 0.229 e. The fraction of sp³-hybridized carbons (Fsp3) is 0. The van der Waals surface area contributed by atoms with E-state index in [1.54, 1.807) is 6.07 Å². The maximum Gasteiger partial charge on any atom is 0.229 e. The van der Waals surface area contributed by atoms with E-state index in [1.807, 2.05) is 36.4 Å². The Bertz CT molecular complexity index is 943. The lowest BCUT2D eigenvalue weighted by atomic mass is 10.1. The van der Waals surface area contributed by atoms with Gasteiger partial charge in [0.2, 0.25) is 5.71 Å². The highest BCUT2D eigenvalue weighted by Gasteiger charge is 2.14. The van der Waals surface area contributed by atoms with E-state index in [0.717, 1.165) is 27.3 Å². The lowest BCUT2D eigenvalue weighted by molar-refractivity contribution is 0.656. The summed E-state index contributed by atoms with van der Waals surface area (Å²) >= 11 is 12.5. The van der Waals surface area contributed by atoms with Crippen LogP contribution in [0.25, 0.3) is 33.0 Å². The Hall–Kier alpha value is -1.77. The Kier molecular flexibility index (Phi) is 2.25. The molecular formula is C15H7Cl2NO. The van der Waals surface area contributed by atoms with Crippen LogP contribution >= 0.6 is 23.2 Å². The van der Waals surface area contributed by atoms with Crippen molar-refractivity contribution in [3.05, 3.63) is 52.5 Å². The fourth-order valence-corrected chi connectivity index (χ4v) is 2.86. The van der Waals surface area contributed by atoms with Crippen molar-refractivity contribution in [2.24, 2.45) is 0 Å². The molecule has 0 fully saturated rings. The van der Waals surface area contributed by atoms with Crippen LogP contribution in [-0.2, 0) is 0 Å². The lowest BCUT2D eigenvalue weighted by Gasteiger charge is -2.01. The van der Waals surface area contributed by atoms with Gasteiger partial charge in [0, 0.05) is 15.8 Å². The first-order chi connectivity index (χ1) is 9.24. The quantitative estimate of drug-likeness (QED) is 0.430. The third kappa shape index (κ3) is 1.54. The van der Waals surface area contributed by atoms with Gasteiger partial charge in [-0.2, -0.15) is 0 Å². The Morgan fingerprint density at radius 2 is 1.79 bits per heavy atom. The van der Waals surface area contributed by atoms with Gasteiger partial charge in [-0.05, 0) is 24.3 Å². The number of pyridine rings is 1. The first-order valence-corrected chi connectivity index (χ1v) is 6.55. The normalized spacial score (nSPS) is 11.7. The summed E-state index contributed by atoms with van der Waals surface area (Å²) in [6.45, 7) is 0. The SMILES string of the molecule is Clc1ccc2nc3oc4ccccc4c3c(Cl)c2c1. The molecule has 4 heteroatoms. The zero-order chi connectivity index (χ0) is 13.0. The van der Waals surface area contributed by atoms with Crippen LogP contribution in [0.5, 0.6) is 0 Å². The minimum atomic E-state index is 0.557. The predicted molar refractivity (Wildman–Crippen MR) is 79.0 cm³/mol. The van der Waals surface area contributed by atoms with Crippen LogP contribution in [0.3, 0.4) is 0 Å². The number of nitrogens with zero attached hydrogens (tertiary/aromatic N) is 1. The highest BCUT2D eigenvalue weighted by atomic mass is 35.5. The largest absolute Gasteiger partial charge is 0.438 e. The molecule has 0 aliphatic rings. The van der Waals surface area contributed by atoms with E-state index in [-0.39, 0.29) is 0 Å². The highest BCUT2D eigenvalue weighted by Crippen LogP contribution is 2.37. The molecule has 4 rings (SSSR count). The van der Waals surface area contributed by atoms with Gasteiger partial charge >= 0.3 is 0 Å². The van der Waals surface area contributed by atoms with Crippen molar-refractivity contribution >= 4 is 56.2 Å². The Morgan fingerprint density at radius 1 is 0.947 bits per heavy atom. The van der Waals surface area contributed by atoms with Gasteiger partial charge in [0.25, 0.3) is 0 Å². The molecule has 0 atom stereocenters. The molecule has 4 aromatic rings. The van der Waals surface area contributed by atoms with E-state index in [2.05, 4.69) is 4.98 Å². The van der Waals surface area contributed by atoms with Crippen LogP contribution < -0.4 is 0 Å². The average molecular weight is 288 g/mol. The summed E-state index contributed by atoms with van der Waals surface area (Å²) in [5.74, 6) is 0. The van der Waals surface area contributed by atoms with E-state index < -0.39 is 0 Å². The molecule has 0 bridgehead atoms. The minimum absolute atomic E-state index is 0.557. The van der Waals surface area contributed by atoms with Crippen LogP contribution in [0, 0.1) is 0 Å². The summed E-state index contributed by atoms with van der Waals surface area (Å²) in [5, 5.41) is 3.92. The zero-order valence-electron chi connectivity index (χ0n) is 9.65. The average Bonchev–Trinajstić information content (AvgIpc) is 2.78. The van der Waals surface area contributed by atoms with Crippen molar-refractivity contribution in [2.75, 3.05) is 0 Å². The van der Waals surface area contributed by atoms with Gasteiger partial charge in [-0.3, -0.25) is 0 Å². The molecular weight excluding hydrogens is 281 g/mol. The third-order valence-corrected chi connectivity index (χ3v) is 3.84. The molecule has 0 saturated carbocycles. The van der Waals surface area contributed by atoms with E-state index in [9.17, 15) is 0 Å². The third-order valence-electron chi connectivity index (χ3n) is 3.21. The standard InChI is InChI=1S/C15H7Cl2NO/c16-8-5-6-11-10(7-8)14(17)13-9-3-1-2-4-12(9)19-15(13)18-11/h1-7H. The van der Waals surface area contributed by atoms with Crippen LogP contribution in [0.4, 0.5) is 0 Å². The number of halogens is 2. The maximum atomic E-state index is 6.51. The molecule has 2 heterocycles. The molecule has 0 N–H and O–H groups in total. The number of rotatable bonds is 0. The number of hydrogen-bond acceptors (Lipinski definition) is 2. The molecule has 0 radical (unpaired) electrons. The van der Waals surface area contributed by atoms with Gasteiger partial charge in [-0.25, -0.2) is 4.98 Å². The molecule has 19 heavy (non-hydrogen) atoms. The second-order valence-electron chi connectivity index (χ2n) is 4.37. The summed E-state index contributed by atoms with van der Waals surface area (Å²) < 4.78 is 5.74. The second-order valence-corrected chi connectivity index (χ2v) is 5.18. The van der Waals surface area contributed by atoms with Gasteiger partial charge in [0.15, 0.2) is 0 Å². The van der Waals surface area contributed by atoms with E-state index in [4.69, 9.17) is 27.6 Å². The zero-order valence-corrected chi connectivity index (χ0v) is 11.2. The maximum absolute atomic E-state index is 6.51. The van der Waals surface area contributed by atoms with Crippen molar-refractivity contribution in [3.8, 4) is 0 Å². The monoisotopic (exact) mass is 287 g/mol. The lowest BCUT2D eigenvalue weighted by Crippen LogP contribution is -1.81. The Labute approximate surface area is 118 Å². The van der Waals surface area contributed by atoms with Gasteiger partial charge < -0.3 is 4.42 Å². The van der Waals surface area contributed by atoms with E-state index >= 15 is 0 Å². The summed E-state index contributed by atoms with van der Waals surface area (Å²) in [5.41, 5.74) is 2.12.